The first kappa shape index (κ1) is 19.3. The maximum Gasteiger partial charge on any atom is 0.183 e. The van der Waals surface area contributed by atoms with Gasteiger partial charge in [-0.25, -0.2) is 0 Å². The van der Waals surface area contributed by atoms with E-state index in [1.807, 2.05) is 13.8 Å². The van der Waals surface area contributed by atoms with E-state index >= 15 is 0 Å². The fraction of sp³-hybridized carbons (Fsp3) is 0.762. The van der Waals surface area contributed by atoms with Gasteiger partial charge < -0.3 is 10.2 Å². The van der Waals surface area contributed by atoms with Crippen LogP contribution >= 0.6 is 0 Å². The molecule has 26 heavy (non-hydrogen) atoms. The summed E-state index contributed by atoms with van der Waals surface area (Å²) in [7, 11) is 0. The molecular weight excluding hydrogens is 332 g/mol. The van der Waals surface area contributed by atoms with E-state index in [4.69, 9.17) is 0 Å². The van der Waals surface area contributed by atoms with Crippen molar-refractivity contribution in [3.63, 3.8) is 0 Å². The Labute approximate surface area is 154 Å². The van der Waals surface area contributed by atoms with Crippen LogP contribution < -0.4 is 0 Å². The molecule has 0 aromatic rings. The number of Topliss-reactive ketones (excluding diaryl/α,β-unsaturated/α-hetero) is 3. The Hall–Kier alpha value is -1.49. The average molecular weight is 362 g/mol. The molecule has 0 aromatic carbocycles. The van der Waals surface area contributed by atoms with Gasteiger partial charge in [-0.1, -0.05) is 27.7 Å². The summed E-state index contributed by atoms with van der Waals surface area (Å²) in [6.45, 7) is 12.4. The van der Waals surface area contributed by atoms with Gasteiger partial charge in [-0.05, 0) is 50.9 Å². The topological polar surface area (TPSA) is 91.7 Å². The number of hydrogen-bond acceptors (Lipinski definition) is 5. The largest absolute Gasteiger partial charge is 0.510 e. The Morgan fingerprint density at radius 2 is 1.69 bits per heavy atom. The summed E-state index contributed by atoms with van der Waals surface area (Å²) in [6.07, 6.45) is 0.557. The number of aliphatic hydroxyl groups excluding tert-OH is 1. The van der Waals surface area contributed by atoms with Crippen molar-refractivity contribution < 1.29 is 24.6 Å². The highest BCUT2D eigenvalue weighted by Gasteiger charge is 2.77. The molecule has 0 heterocycles. The predicted octanol–water partition coefficient (Wildman–Crippen LogP) is 3.01. The van der Waals surface area contributed by atoms with Gasteiger partial charge in [0.25, 0.3) is 0 Å². The van der Waals surface area contributed by atoms with Crippen LogP contribution in [0.5, 0.6) is 0 Å². The minimum atomic E-state index is -1.31. The molecule has 0 amide bonds. The van der Waals surface area contributed by atoms with Crippen molar-refractivity contribution in [1.29, 1.82) is 0 Å². The van der Waals surface area contributed by atoms with Crippen molar-refractivity contribution in [2.45, 2.75) is 66.9 Å². The van der Waals surface area contributed by atoms with Crippen LogP contribution in [0.25, 0.3) is 0 Å². The second kappa shape index (κ2) is 5.06. The molecule has 144 valence electrons. The molecule has 0 radical (unpaired) electrons. The molecule has 0 saturated heterocycles. The number of hydrogen-bond donors (Lipinski definition) is 2. The van der Waals surface area contributed by atoms with Gasteiger partial charge in [0.2, 0.25) is 0 Å². The lowest BCUT2D eigenvalue weighted by atomic mass is 9.64. The van der Waals surface area contributed by atoms with Gasteiger partial charge in [0.15, 0.2) is 17.3 Å². The highest BCUT2D eigenvalue weighted by Crippen LogP contribution is 2.72. The van der Waals surface area contributed by atoms with E-state index in [1.165, 1.54) is 0 Å². The molecule has 1 spiro atoms. The number of rotatable bonds is 3. The number of ketones is 3. The standard InChI is InChI=1S/C21H30O5/c1-10(2)14(22)13-15(23)20(7)8-12-18(3,4)11(19(5,6)26)9-21(12,16(13)24)17(20)25/h10-12,23,26H,8-9H2,1-7H3. The van der Waals surface area contributed by atoms with Gasteiger partial charge in [-0.2, -0.15) is 0 Å². The van der Waals surface area contributed by atoms with Gasteiger partial charge in [0.1, 0.15) is 11.3 Å². The van der Waals surface area contributed by atoms with Crippen LogP contribution in [0.15, 0.2) is 11.3 Å². The van der Waals surface area contributed by atoms with E-state index in [0.29, 0.717) is 6.42 Å². The quantitative estimate of drug-likeness (QED) is 0.595. The number of fused-ring (bicyclic) bond motifs is 1. The van der Waals surface area contributed by atoms with E-state index in [1.54, 1.807) is 34.6 Å². The summed E-state index contributed by atoms with van der Waals surface area (Å²) >= 11 is 0. The Kier molecular flexibility index (Phi) is 3.75. The van der Waals surface area contributed by atoms with Gasteiger partial charge in [0, 0.05) is 5.92 Å². The van der Waals surface area contributed by atoms with Gasteiger partial charge >= 0.3 is 0 Å². The van der Waals surface area contributed by atoms with Crippen molar-refractivity contribution in [3.8, 4) is 0 Å². The third-order valence-electron chi connectivity index (χ3n) is 7.45. The number of aliphatic hydroxyl groups is 2. The molecular formula is C21H30O5. The first-order valence-electron chi connectivity index (χ1n) is 9.43. The lowest BCUT2D eigenvalue weighted by Crippen LogP contribution is -2.49. The van der Waals surface area contributed by atoms with E-state index < -0.39 is 39.3 Å². The monoisotopic (exact) mass is 362 g/mol. The van der Waals surface area contributed by atoms with Crippen LogP contribution in [-0.2, 0) is 14.4 Å². The third kappa shape index (κ3) is 1.98. The Morgan fingerprint density at radius 1 is 1.15 bits per heavy atom. The molecule has 3 rings (SSSR count). The maximum atomic E-state index is 13.5. The van der Waals surface area contributed by atoms with E-state index in [9.17, 15) is 24.6 Å². The summed E-state index contributed by atoms with van der Waals surface area (Å²) in [5, 5.41) is 21.5. The van der Waals surface area contributed by atoms with Crippen LogP contribution in [0.2, 0.25) is 0 Å². The molecule has 5 nitrogen and oxygen atoms in total. The number of carbonyl (C=O) groups excluding carboxylic acids is 3. The first-order chi connectivity index (χ1) is 11.6. The van der Waals surface area contributed by atoms with Gasteiger partial charge in [-0.15, -0.1) is 0 Å². The maximum absolute atomic E-state index is 13.5. The summed E-state index contributed by atoms with van der Waals surface area (Å²) < 4.78 is 0. The fourth-order valence-electron chi connectivity index (χ4n) is 6.13. The molecule has 2 fully saturated rings. The van der Waals surface area contributed by atoms with Crippen molar-refractivity contribution in [2.24, 2.45) is 34.0 Å². The van der Waals surface area contributed by atoms with Crippen molar-refractivity contribution in [1.82, 2.24) is 0 Å². The third-order valence-corrected chi connectivity index (χ3v) is 7.45. The zero-order valence-corrected chi connectivity index (χ0v) is 16.8. The number of allylic oxidation sites excluding steroid dienone is 2. The molecule has 3 aliphatic carbocycles. The Bertz CT molecular complexity index is 751. The van der Waals surface area contributed by atoms with Gasteiger partial charge in [-0.3, -0.25) is 14.4 Å². The molecule has 0 aliphatic heterocycles. The zero-order valence-electron chi connectivity index (χ0n) is 16.8. The Balaban J connectivity index is 2.25. The van der Waals surface area contributed by atoms with Gasteiger partial charge in [0.05, 0.1) is 16.4 Å². The smallest absolute Gasteiger partial charge is 0.183 e. The molecule has 5 heteroatoms. The number of carbonyl (C=O) groups is 3. The molecule has 2 bridgehead atoms. The minimum absolute atomic E-state index is 0.184. The van der Waals surface area contributed by atoms with Crippen LogP contribution in [0.4, 0.5) is 0 Å². The molecule has 0 aromatic heterocycles. The van der Waals surface area contributed by atoms with Crippen LogP contribution in [0.1, 0.15) is 61.3 Å². The summed E-state index contributed by atoms with van der Waals surface area (Å²) in [6, 6.07) is 0. The summed E-state index contributed by atoms with van der Waals surface area (Å²) in [5.41, 5.74) is -4.21. The molecule has 3 aliphatic rings. The van der Waals surface area contributed by atoms with Crippen molar-refractivity contribution in [2.75, 3.05) is 0 Å². The lowest BCUT2D eigenvalue weighted by molar-refractivity contribution is -0.144. The molecule has 2 saturated carbocycles. The molecule has 4 unspecified atom stereocenters. The molecule has 4 atom stereocenters. The normalized spacial score (nSPS) is 39.0. The highest BCUT2D eigenvalue weighted by molar-refractivity contribution is 6.32. The zero-order chi connectivity index (χ0) is 20.0. The van der Waals surface area contributed by atoms with Crippen LogP contribution in [-0.4, -0.2) is 33.2 Å². The van der Waals surface area contributed by atoms with Crippen molar-refractivity contribution >= 4 is 17.3 Å². The first-order valence-corrected chi connectivity index (χ1v) is 9.43. The van der Waals surface area contributed by atoms with E-state index in [0.717, 1.165) is 0 Å². The second-order valence-electron chi connectivity index (χ2n) is 10.2. The van der Waals surface area contributed by atoms with Crippen molar-refractivity contribution in [3.05, 3.63) is 11.3 Å². The van der Waals surface area contributed by atoms with E-state index in [2.05, 4.69) is 0 Å². The van der Waals surface area contributed by atoms with Crippen LogP contribution in [0, 0.1) is 34.0 Å². The minimum Gasteiger partial charge on any atom is -0.510 e. The average Bonchev–Trinajstić information content (AvgIpc) is 2.85. The SMILES string of the molecule is CC(C)C(=O)C1=C(O)C2(C)CC3C(CC(C(C)(C)O)C3(C)C)(C1=O)C2=O. The summed E-state index contributed by atoms with van der Waals surface area (Å²) in [5.74, 6) is -2.57. The predicted molar refractivity (Wildman–Crippen MR) is 96.3 cm³/mol. The van der Waals surface area contributed by atoms with E-state index in [-0.39, 0.29) is 35.4 Å². The Morgan fingerprint density at radius 3 is 2.15 bits per heavy atom. The molecule has 2 N–H and O–H groups in total. The second-order valence-corrected chi connectivity index (χ2v) is 10.2. The summed E-state index contributed by atoms with van der Waals surface area (Å²) in [4.78, 5) is 39.7. The highest BCUT2D eigenvalue weighted by atomic mass is 16.3. The van der Waals surface area contributed by atoms with Crippen LogP contribution in [0.3, 0.4) is 0 Å². The lowest BCUT2D eigenvalue weighted by Gasteiger charge is -2.40. The fourth-order valence-corrected chi connectivity index (χ4v) is 6.13.